The van der Waals surface area contributed by atoms with E-state index < -0.39 is 86.8 Å². The molecule has 5 amide bonds. The molecule has 47 heteroatoms. The molecule has 6 heterocycles. The number of carbonyl (C=O) groups excluding carboxylic acids is 5. The number of nitrogens with two attached hydrogens (primary N) is 3. The Kier molecular flexibility index (Phi) is 33.8. The zero-order chi connectivity index (χ0) is 85.7. The van der Waals surface area contributed by atoms with E-state index in [0.717, 1.165) is 64.5 Å². The number of amides is 5. The SMILES string of the molecule is CN(CCCC(=O)NCCSSCCC(=O)NCCNC(=O)c1cccc(OCC(N)OCCOCC(=O)NCC#Cc2cn([C@H]3C[C@@H](OCN)C(COP(=O)(O)OP(=O)(O)OP(=O)(O)O)O3)c3ncnc(N)c23)c1)C(=O)c1ccccc1-c1c2cc3c(cc2[o+]c2cc4c(cc12)CCCN4CCCS(=O)(=O)O)N(CCCS(=O)(=O)O)CCC3. The number of nitrogens with zero attached hydrogens (tertiary/aromatic N) is 6. The van der Waals surface area contributed by atoms with Gasteiger partial charge in [0.15, 0.2) is 0 Å². The van der Waals surface area contributed by atoms with Crippen LogP contribution in [-0.4, -0.2) is 242 Å². The number of hydrogen-bond acceptors (Lipinski definition) is 29. The maximum Gasteiger partial charge on any atom is 0.490 e. The quantitative estimate of drug-likeness (QED) is 0.00349. The maximum atomic E-state index is 14.6. The first-order valence-electron chi connectivity index (χ1n) is 37.6. The van der Waals surface area contributed by atoms with Gasteiger partial charge in [-0.3, -0.25) is 37.6 Å². The van der Waals surface area contributed by atoms with Gasteiger partial charge in [-0.05, 0) is 98.0 Å². The van der Waals surface area contributed by atoms with Crippen molar-refractivity contribution >= 4 is 145 Å². The van der Waals surface area contributed by atoms with Crippen LogP contribution in [0.2, 0.25) is 0 Å². The second kappa shape index (κ2) is 43.1. The summed E-state index contributed by atoms with van der Waals surface area (Å²) in [4.78, 5) is 117. The van der Waals surface area contributed by atoms with Crippen molar-refractivity contribution in [1.29, 1.82) is 0 Å². The molecule has 1 fully saturated rings. The highest BCUT2D eigenvalue weighted by atomic mass is 33.1. The number of aromatic nitrogens is 3. The van der Waals surface area contributed by atoms with Crippen LogP contribution in [0.3, 0.4) is 0 Å². The lowest BCUT2D eigenvalue weighted by molar-refractivity contribution is -0.126. The molecule has 40 nitrogen and oxygen atoms in total. The Balaban J connectivity index is 0.585. The number of nitrogen functional groups attached to an aromatic ring is 1. The van der Waals surface area contributed by atoms with Gasteiger partial charge in [0.05, 0.1) is 84.6 Å². The lowest BCUT2D eigenvalue weighted by atomic mass is 9.89. The Hall–Kier alpha value is -8.03. The molecule has 648 valence electrons. The van der Waals surface area contributed by atoms with E-state index in [1.54, 1.807) is 42.3 Å². The molecular formula is C72H95N13O27P3S4+. The van der Waals surface area contributed by atoms with Crippen molar-refractivity contribution in [3.8, 4) is 28.7 Å². The highest BCUT2D eigenvalue weighted by molar-refractivity contribution is 8.76. The molecule has 7 aromatic rings. The Morgan fingerprint density at radius 3 is 2.10 bits per heavy atom. The molecule has 119 heavy (non-hydrogen) atoms. The third kappa shape index (κ3) is 28.3. The van der Waals surface area contributed by atoms with Crippen LogP contribution < -0.4 is 53.0 Å². The highest BCUT2D eigenvalue weighted by Gasteiger charge is 2.44. The predicted molar refractivity (Wildman–Crippen MR) is 442 cm³/mol. The maximum absolute atomic E-state index is 14.6. The summed E-state index contributed by atoms with van der Waals surface area (Å²) in [5.41, 5.74) is 25.5. The molecule has 4 unspecified atom stereocenters. The second-order valence-corrected chi connectivity index (χ2v) is 37.8. The molecule has 1 saturated heterocycles. The molecule has 0 spiro atoms. The Morgan fingerprint density at radius 2 is 1.43 bits per heavy atom. The van der Waals surface area contributed by atoms with Crippen LogP contribution in [0.15, 0.2) is 89.7 Å². The van der Waals surface area contributed by atoms with Crippen LogP contribution in [0.4, 0.5) is 17.2 Å². The van der Waals surface area contributed by atoms with Gasteiger partial charge < -0.3 is 101 Å². The average Bonchev–Trinajstić information content (AvgIpc) is 1.73. The van der Waals surface area contributed by atoms with E-state index in [9.17, 15) is 73.4 Å². The number of carbonyl (C=O) groups is 5. The first-order valence-corrected chi connectivity index (χ1v) is 47.8. The van der Waals surface area contributed by atoms with Gasteiger partial charge in [0, 0.05) is 124 Å². The molecule has 3 aliphatic heterocycles. The van der Waals surface area contributed by atoms with Crippen LogP contribution in [0.1, 0.15) is 95.0 Å². The number of phosphoric ester groups is 1. The van der Waals surface area contributed by atoms with Crippen LogP contribution in [0.5, 0.6) is 5.75 Å². The third-order valence-corrected chi connectivity index (χ3v) is 26.6. The van der Waals surface area contributed by atoms with Crippen molar-refractivity contribution in [3.63, 3.8) is 0 Å². The number of phosphoric acid groups is 3. The van der Waals surface area contributed by atoms with Gasteiger partial charge in [0.1, 0.15) is 55.3 Å². The van der Waals surface area contributed by atoms with E-state index in [0.29, 0.717) is 95.2 Å². The highest BCUT2D eigenvalue weighted by Crippen LogP contribution is 2.66. The minimum atomic E-state index is -5.79. The number of anilines is 3. The van der Waals surface area contributed by atoms with E-state index in [4.69, 9.17) is 59.6 Å². The summed E-state index contributed by atoms with van der Waals surface area (Å²) in [5, 5.41) is 13.0. The lowest BCUT2D eigenvalue weighted by Gasteiger charge is -2.31. The second-order valence-electron chi connectivity index (χ2n) is 27.5. The minimum absolute atomic E-state index is 0.00694. The van der Waals surface area contributed by atoms with Crippen molar-refractivity contribution in [2.24, 2.45) is 11.5 Å². The first kappa shape index (κ1) is 93.2. The van der Waals surface area contributed by atoms with Crippen molar-refractivity contribution < 1.29 is 124 Å². The number of nitrogens with one attached hydrogen (secondary N) is 4. The molecule has 3 aromatic heterocycles. The molecule has 10 rings (SSSR count). The number of fused-ring (bicyclic) bond motifs is 5. The van der Waals surface area contributed by atoms with E-state index in [2.05, 4.69) is 73.6 Å². The van der Waals surface area contributed by atoms with Crippen LogP contribution in [0.25, 0.3) is 44.1 Å². The van der Waals surface area contributed by atoms with Gasteiger partial charge >= 0.3 is 34.6 Å². The molecule has 0 saturated carbocycles. The summed E-state index contributed by atoms with van der Waals surface area (Å²) in [5.74, 6) is 4.87. The van der Waals surface area contributed by atoms with E-state index >= 15 is 0 Å². The summed E-state index contributed by atoms with van der Waals surface area (Å²) in [6, 6.07) is 21.8. The van der Waals surface area contributed by atoms with E-state index in [-0.39, 0.29) is 132 Å². The number of rotatable bonds is 45. The third-order valence-electron chi connectivity index (χ3n) is 18.8. The summed E-state index contributed by atoms with van der Waals surface area (Å²) >= 11 is 0. The first-order chi connectivity index (χ1) is 56.6. The van der Waals surface area contributed by atoms with Gasteiger partial charge in [-0.1, -0.05) is 57.7 Å². The molecule has 3 aliphatic rings. The molecule has 16 N–H and O–H groups in total. The summed E-state index contributed by atoms with van der Waals surface area (Å²) in [7, 11) is -20.5. The monoisotopic (exact) mass is 1790 g/mol. The molecule has 0 radical (unpaired) electrons. The van der Waals surface area contributed by atoms with Crippen LogP contribution >= 0.6 is 45.1 Å². The van der Waals surface area contributed by atoms with Crippen LogP contribution in [0, 0.1) is 11.8 Å². The Labute approximate surface area is 692 Å². The average molecular weight is 1800 g/mol. The molecule has 0 bridgehead atoms. The van der Waals surface area contributed by atoms with Crippen molar-refractivity contribution in [1.82, 2.24) is 40.7 Å². The zero-order valence-electron chi connectivity index (χ0n) is 64.5. The number of benzene rings is 4. The van der Waals surface area contributed by atoms with Gasteiger partial charge in [-0.2, -0.15) is 25.5 Å². The minimum Gasteiger partial charge on any atom is -0.489 e. The summed E-state index contributed by atoms with van der Waals surface area (Å²) in [6.45, 7) is 1.34. The molecule has 6 atom stereocenters. The largest absolute Gasteiger partial charge is 0.490 e. The fraction of sp³-hybridized carbons (Fsp3) is 0.472. The Morgan fingerprint density at radius 1 is 0.773 bits per heavy atom. The number of aryl methyl sites for hydroxylation is 2. The van der Waals surface area contributed by atoms with E-state index in [1.165, 1.54) is 44.7 Å². The molecular weight excluding hydrogens is 1700 g/mol. The smallest absolute Gasteiger partial charge is 0.489 e. The fourth-order valence-corrected chi connectivity index (χ4v) is 19.5. The zero-order valence-corrected chi connectivity index (χ0v) is 70.5. The lowest BCUT2D eigenvalue weighted by Crippen LogP contribution is -2.34. The topological polar surface area (TPSA) is 578 Å². The number of ether oxygens (including phenoxy) is 5. The van der Waals surface area contributed by atoms with Crippen molar-refractivity contribution in [2.75, 3.05) is 144 Å². The standard InChI is InChI=1S/C72H94N13O27P3S4/c1-82(72(90)53-17-3-2-16-52(53)68-54-36-47-13-6-25-83(27-9-33-118(98,99)100)56(47)38-58(54)109-59-39-57-48(37-55(59)68)14-7-26-84(57)28-10-34-119(101,102)103)24-8-18-63(86)78-23-32-117-116-31-19-64(87)77-21-22-79-71(89)49-11-4-15-51(35-49)106-43-62(74)105-30-29-104-44-65(88)76-20-5-12-50-41-85(70-67(50)69(75)80-46-81-70)66-40-60(107-45-73)61(110-66)42-108-114(94,95)112-115(96,97)111-113(91,92)93/h2-4,11,15-17,35-39,41,46,60-62,66H,6-10,13-14,18-34,40,42-45,73-74H2,1H3,(H11-,75,76,77,78,79,80,81,86,87,88,89,91,92,93,94,95,96,97,98,99,100,101,102,103)/p+1/t60-,61?,62?,66-/m1/s1. The van der Waals surface area contributed by atoms with Gasteiger partial charge in [-0.25, -0.2) is 28.1 Å². The fourth-order valence-electron chi connectivity index (χ4n) is 13.6. The van der Waals surface area contributed by atoms with E-state index in [1.807, 2.05) is 24.3 Å². The van der Waals surface area contributed by atoms with Gasteiger partial charge in [-0.15, -0.1) is 0 Å². The molecule has 4 aromatic carbocycles. The van der Waals surface area contributed by atoms with Crippen LogP contribution in [-0.2, 0) is 93.2 Å². The van der Waals surface area contributed by atoms with Gasteiger partial charge in [0.2, 0.25) is 17.7 Å². The number of hydrogen-bond donors (Lipinski definition) is 13. The van der Waals surface area contributed by atoms with Crippen molar-refractivity contribution in [2.45, 2.75) is 88.9 Å². The normalized spacial score (nSPS) is 16.9. The Bertz CT molecular complexity index is 5140. The van der Waals surface area contributed by atoms with Gasteiger partial charge in [0.25, 0.3) is 32.1 Å². The van der Waals surface area contributed by atoms with Crippen molar-refractivity contribution in [3.05, 3.63) is 113 Å². The summed E-state index contributed by atoms with van der Waals surface area (Å²) < 4.78 is 150. The summed E-state index contributed by atoms with van der Waals surface area (Å²) in [6.07, 6.45) is 3.12. The predicted octanol–water partition coefficient (Wildman–Crippen LogP) is 5.01. The molecule has 0 aliphatic carbocycles.